The van der Waals surface area contributed by atoms with Crippen LogP contribution in [0.5, 0.6) is 0 Å². The van der Waals surface area contributed by atoms with Gasteiger partial charge in [-0.2, -0.15) is 26.3 Å². The van der Waals surface area contributed by atoms with Crippen LogP contribution in [0.2, 0.25) is 10.0 Å². The Balaban J connectivity index is 0.000000324. The number of amidine groups is 2. The first kappa shape index (κ1) is 61.7. The second kappa shape index (κ2) is 24.9. The van der Waals surface area contributed by atoms with Gasteiger partial charge in [0.2, 0.25) is 11.8 Å². The van der Waals surface area contributed by atoms with Gasteiger partial charge in [-0.1, -0.05) is 54.2 Å². The Labute approximate surface area is 439 Å². The number of halogens is 10. The minimum absolute atomic E-state index is 0. The number of benzene rings is 2. The molecule has 33 heteroatoms. The average molecular weight is 1160 g/mol. The first-order chi connectivity index (χ1) is 34.9. The van der Waals surface area contributed by atoms with Crippen molar-refractivity contribution < 1.29 is 78.8 Å². The first-order valence-corrected chi connectivity index (χ1v) is 23.5. The van der Waals surface area contributed by atoms with Crippen molar-refractivity contribution in [2.45, 2.75) is 57.0 Å². The van der Waals surface area contributed by atoms with E-state index in [9.17, 15) is 83.4 Å². The Morgan fingerprint density at radius 2 is 1.03 bits per heavy atom. The summed E-state index contributed by atoms with van der Waals surface area (Å²) in [4.78, 5) is 121. The number of carboxylic acids is 1. The Bertz CT molecular complexity index is 3290. The number of carbonyl (C=O) groups excluding carboxylic acids is 4. The van der Waals surface area contributed by atoms with Crippen LogP contribution in [0.25, 0.3) is 11.4 Å². The Morgan fingerprint density at radius 3 is 1.37 bits per heavy atom. The largest absolute Gasteiger partial charge is 0.481 e. The van der Waals surface area contributed by atoms with Crippen LogP contribution < -0.4 is 22.5 Å². The molecule has 2 aliphatic rings. The molecule has 0 bridgehead atoms. The molecule has 4 heterocycles. The number of amides is 2. The summed E-state index contributed by atoms with van der Waals surface area (Å²) >= 11 is 13.7. The fraction of sp³-hybridized carbons (Fsp3) is 0.372. The van der Waals surface area contributed by atoms with E-state index in [1.54, 1.807) is 6.92 Å². The van der Waals surface area contributed by atoms with Gasteiger partial charge in [-0.25, -0.2) is 37.5 Å². The van der Waals surface area contributed by atoms with Crippen molar-refractivity contribution in [2.24, 2.45) is 24.1 Å². The standard InChI is InChI=1S/C21H17ClF4N4O7S.C21H19ClF4N4O6S.CH4/c1-3-37-17(34)8-29-18(35)13(6-16(32)33)38-19(29)27-11-5-12(10(23)4-9(11)22)30-15(31)7-14(21(24,25)26)28(2)20(30)36;1-3-36-17(33)9-29-18(34)14(4-5-31)37-19(29)27-12-7-13(11(23)6-10(12)22)30-16(32)8-15(21(24,25)26)28(2)20(30)35;/h4-5,7,13H,3,6,8H2,1-2H3,(H,32,33);6-8,14,31H,3-5,9H2,1-2H3;1H4. The highest BCUT2D eigenvalue weighted by molar-refractivity contribution is 8.15. The molecule has 2 aromatic heterocycles. The van der Waals surface area contributed by atoms with Gasteiger partial charge in [0.15, 0.2) is 10.3 Å². The number of nitrogens with zero attached hydrogens (tertiary/aromatic N) is 8. The van der Waals surface area contributed by atoms with E-state index in [1.807, 2.05) is 0 Å². The van der Waals surface area contributed by atoms with E-state index in [2.05, 4.69) is 9.98 Å². The molecule has 0 aliphatic carbocycles. The van der Waals surface area contributed by atoms with Gasteiger partial charge in [0, 0.05) is 32.8 Å². The van der Waals surface area contributed by atoms with Gasteiger partial charge in [0.1, 0.15) is 41.4 Å². The van der Waals surface area contributed by atoms with Crippen LogP contribution in [-0.4, -0.2) is 122 Å². The molecule has 21 nitrogen and oxygen atoms in total. The van der Waals surface area contributed by atoms with Crippen LogP contribution in [0, 0.1) is 11.6 Å². The SMILES string of the molecule is C.CCOC(=O)CN1C(=O)C(CC(=O)O)SC1=Nc1cc(-n2c(=O)cc(C(F)(F)F)n(C)c2=O)c(F)cc1Cl.CCOC(=O)CN1C(=O)C(CCO)SC1=Nc1cc(-n2c(=O)cc(C(F)(F)F)n(C)c2=O)c(F)cc1Cl. The molecular weight excluding hydrogens is 1120 g/mol. The van der Waals surface area contributed by atoms with Gasteiger partial charge >= 0.3 is 41.6 Å². The van der Waals surface area contributed by atoms with Gasteiger partial charge in [-0.15, -0.1) is 0 Å². The van der Waals surface area contributed by atoms with Gasteiger partial charge < -0.3 is 19.7 Å². The van der Waals surface area contributed by atoms with Gasteiger partial charge in [0.25, 0.3) is 11.1 Å². The lowest BCUT2D eigenvalue weighted by Crippen LogP contribution is -2.41. The lowest BCUT2D eigenvalue weighted by Gasteiger charge is -2.16. The van der Waals surface area contributed by atoms with E-state index in [0.29, 0.717) is 23.9 Å². The average Bonchev–Trinajstić information content (AvgIpc) is 3.74. The second-order valence-electron chi connectivity index (χ2n) is 15.2. The number of hydrogen-bond acceptors (Lipinski definition) is 16. The van der Waals surface area contributed by atoms with Crippen LogP contribution in [0.1, 0.15) is 45.5 Å². The second-order valence-corrected chi connectivity index (χ2v) is 18.3. The molecule has 2 N–H and O–H groups in total. The minimum Gasteiger partial charge on any atom is -0.481 e. The molecule has 2 aliphatic heterocycles. The van der Waals surface area contributed by atoms with Crippen molar-refractivity contribution in [2.75, 3.05) is 32.9 Å². The molecule has 2 aromatic carbocycles. The van der Waals surface area contributed by atoms with E-state index in [-0.39, 0.29) is 95.8 Å². The van der Waals surface area contributed by atoms with Crippen molar-refractivity contribution in [1.82, 2.24) is 28.1 Å². The number of carboxylic acid groups (broad SMARTS) is 1. The summed E-state index contributed by atoms with van der Waals surface area (Å²) in [5.41, 5.74) is -11.1. The molecule has 0 radical (unpaired) electrons. The summed E-state index contributed by atoms with van der Waals surface area (Å²) in [6.45, 7) is 1.62. The number of hydrogen-bond donors (Lipinski definition) is 2. The lowest BCUT2D eigenvalue weighted by molar-refractivity contribution is -0.146. The zero-order chi connectivity index (χ0) is 56.2. The third-order valence-corrected chi connectivity index (χ3v) is 13.2. The smallest absolute Gasteiger partial charge is 0.431 e. The summed E-state index contributed by atoms with van der Waals surface area (Å²) in [6, 6.07) is 3.25. The highest BCUT2D eigenvalue weighted by atomic mass is 35.5. The van der Waals surface area contributed by atoms with Crippen molar-refractivity contribution in [1.29, 1.82) is 0 Å². The number of aliphatic hydroxyl groups excluding tert-OH is 1. The number of thioether (sulfide) groups is 2. The minimum atomic E-state index is -5.04. The molecule has 6 rings (SSSR count). The number of aromatic nitrogens is 4. The molecule has 0 spiro atoms. The Hall–Kier alpha value is -6.83. The molecule has 4 aromatic rings. The van der Waals surface area contributed by atoms with E-state index in [0.717, 1.165) is 47.8 Å². The van der Waals surface area contributed by atoms with E-state index in [1.165, 1.54) is 6.92 Å². The summed E-state index contributed by atoms with van der Waals surface area (Å²) in [6.07, 6.45) is -10.6. The van der Waals surface area contributed by atoms with Gasteiger partial charge in [-0.3, -0.25) is 52.5 Å². The molecule has 2 saturated heterocycles. The molecule has 412 valence electrons. The maximum Gasteiger partial charge on any atom is 0.431 e. The van der Waals surface area contributed by atoms with Crippen LogP contribution >= 0.6 is 46.7 Å². The number of rotatable bonds is 14. The topological polar surface area (TPSA) is 263 Å². The van der Waals surface area contributed by atoms with Crippen molar-refractivity contribution in [3.05, 3.63) is 111 Å². The quantitative estimate of drug-likeness (QED) is 0.122. The lowest BCUT2D eigenvalue weighted by atomic mass is 10.2. The van der Waals surface area contributed by atoms with E-state index >= 15 is 0 Å². The predicted molar refractivity (Wildman–Crippen MR) is 259 cm³/mol. The summed E-state index contributed by atoms with van der Waals surface area (Å²) in [5.74, 6) is -6.69. The number of ether oxygens (including phenoxy) is 2. The zero-order valence-corrected chi connectivity index (χ0v) is 41.8. The summed E-state index contributed by atoms with van der Waals surface area (Å²) in [7, 11) is 1.51. The molecule has 76 heavy (non-hydrogen) atoms. The number of aliphatic hydroxyl groups is 1. The van der Waals surface area contributed by atoms with Crippen molar-refractivity contribution >= 4 is 98.2 Å². The third kappa shape index (κ3) is 13.8. The maximum atomic E-state index is 14.8. The molecule has 0 saturated carbocycles. The molecule has 2 atom stereocenters. The molecule has 2 unspecified atom stereocenters. The van der Waals surface area contributed by atoms with Crippen LogP contribution in [0.3, 0.4) is 0 Å². The third-order valence-electron chi connectivity index (χ3n) is 10.1. The fourth-order valence-corrected chi connectivity index (χ4v) is 9.42. The normalized spacial score (nSPS) is 16.7. The van der Waals surface area contributed by atoms with Crippen LogP contribution in [0.15, 0.2) is 65.6 Å². The Morgan fingerprint density at radius 1 is 0.658 bits per heavy atom. The van der Waals surface area contributed by atoms with Crippen molar-refractivity contribution in [3.63, 3.8) is 0 Å². The maximum absolute atomic E-state index is 14.8. The number of aliphatic imine (C=N–C) groups is 2. The van der Waals surface area contributed by atoms with E-state index < -0.39 is 129 Å². The van der Waals surface area contributed by atoms with Crippen molar-refractivity contribution in [3.8, 4) is 11.4 Å². The summed E-state index contributed by atoms with van der Waals surface area (Å²) < 4.78 is 119. The molecular formula is C43H40Cl2F8N8O13S2. The Kier molecular flexibility index (Phi) is 20.2. The van der Waals surface area contributed by atoms with Crippen LogP contribution in [0.4, 0.5) is 46.5 Å². The van der Waals surface area contributed by atoms with Crippen LogP contribution in [-0.2, 0) is 59.9 Å². The number of alkyl halides is 6. The zero-order valence-electron chi connectivity index (χ0n) is 38.6. The van der Waals surface area contributed by atoms with Gasteiger partial charge in [0.05, 0.1) is 57.7 Å². The van der Waals surface area contributed by atoms with Gasteiger partial charge in [-0.05, 0) is 44.5 Å². The summed E-state index contributed by atoms with van der Waals surface area (Å²) in [5, 5.41) is 15.4. The van der Waals surface area contributed by atoms with E-state index in [4.69, 9.17) is 37.8 Å². The highest BCUT2D eigenvalue weighted by Gasteiger charge is 2.42. The molecule has 2 amide bonds. The first-order valence-electron chi connectivity index (χ1n) is 21.0. The number of aliphatic carboxylic acids is 1. The number of esters is 2. The monoisotopic (exact) mass is 1160 g/mol. The number of carbonyl (C=O) groups is 5. The molecule has 2 fully saturated rings. The fourth-order valence-electron chi connectivity index (χ4n) is 6.75. The highest BCUT2D eigenvalue weighted by Crippen LogP contribution is 2.38. The predicted octanol–water partition coefficient (Wildman–Crippen LogP) is 5.18.